The summed E-state index contributed by atoms with van der Waals surface area (Å²) in [5, 5.41) is -0.1000. The molecule has 2 rings (SSSR count). The monoisotopic (exact) mass is 519 g/mol. The first-order valence-electron chi connectivity index (χ1n) is 5.98. The number of hydrogen-bond acceptors (Lipinski definition) is 2. The van der Waals surface area contributed by atoms with Gasteiger partial charge in [-0.25, -0.2) is 9.18 Å². The molecule has 0 spiro atoms. The van der Waals surface area contributed by atoms with Crippen LogP contribution in [0.1, 0.15) is 12.6 Å². The zero-order chi connectivity index (χ0) is 16.7. The van der Waals surface area contributed by atoms with Gasteiger partial charge in [0.2, 0.25) is 5.56 Å². The maximum absolute atomic E-state index is 13.8. The summed E-state index contributed by atoms with van der Waals surface area (Å²) in [6.45, 7) is 0.961. The molecule has 1 heterocycles. The van der Waals surface area contributed by atoms with E-state index in [1.807, 2.05) is 0 Å². The Morgan fingerprint density at radius 3 is 2.35 bits per heavy atom. The van der Waals surface area contributed by atoms with Crippen molar-refractivity contribution < 1.29 is 38.6 Å². The van der Waals surface area contributed by atoms with Crippen molar-refractivity contribution in [2.24, 2.45) is 0 Å². The zero-order valence-electron chi connectivity index (χ0n) is 11.4. The molecule has 1 aromatic heterocycles. The normalized spacial score (nSPS) is 11.2. The summed E-state index contributed by atoms with van der Waals surface area (Å²) in [7, 11) is 0. The van der Waals surface area contributed by atoms with Crippen molar-refractivity contribution in [2.75, 3.05) is 0 Å². The van der Waals surface area contributed by atoms with Crippen molar-refractivity contribution in [3.05, 3.63) is 61.6 Å². The van der Waals surface area contributed by atoms with Gasteiger partial charge < -0.3 is 0 Å². The molecule has 0 radical (unpaired) electrons. The molecule has 0 aliphatic heterocycles. The molecule has 23 heavy (non-hydrogen) atoms. The van der Waals surface area contributed by atoms with Gasteiger partial charge >= 0.3 is 32.9 Å². The Hall–Kier alpha value is -1.40. The van der Waals surface area contributed by atoms with Crippen molar-refractivity contribution in [3.8, 4) is 5.69 Å². The fourth-order valence-corrected chi connectivity index (χ4v) is 2.09. The van der Waals surface area contributed by atoms with Gasteiger partial charge in [-0.1, -0.05) is 5.02 Å². The molecule has 2 aromatic rings. The van der Waals surface area contributed by atoms with Gasteiger partial charge in [0, 0.05) is 18.4 Å². The van der Waals surface area contributed by atoms with Gasteiger partial charge in [0.1, 0.15) is 5.69 Å². The van der Waals surface area contributed by atoms with E-state index >= 15 is 0 Å². The Balaban J connectivity index is 0.00000264. The summed E-state index contributed by atoms with van der Waals surface area (Å²) >= 11 is 5.51. The maximum Gasteiger partial charge on any atom is 2.00 e. The van der Waals surface area contributed by atoms with Crippen LogP contribution >= 0.6 is 11.6 Å². The molecule has 4 nitrogen and oxygen atoms in total. The standard InChI is InChI=1S/C13H8ClF4N2O2.W/c1-2-19-10(13(16,17)18)6-11(21)20(12(19)22)9-4-3-7(14)5-8(9)15;/h4-6H,2H2,1H3;/q-1;+2. The largest absolute Gasteiger partial charge is 2.00 e. The molecular weight excluding hydrogens is 511 g/mol. The minimum absolute atomic E-state index is 0. The van der Waals surface area contributed by atoms with Gasteiger partial charge in [0.05, 0.1) is 0 Å². The summed E-state index contributed by atoms with van der Waals surface area (Å²) in [5.41, 5.74) is -4.50. The number of aromatic nitrogens is 2. The first-order valence-corrected chi connectivity index (χ1v) is 6.35. The van der Waals surface area contributed by atoms with Crippen LogP contribution in [0, 0.1) is 11.9 Å². The Morgan fingerprint density at radius 2 is 1.87 bits per heavy atom. The number of benzene rings is 1. The predicted molar refractivity (Wildman–Crippen MR) is 70.8 cm³/mol. The van der Waals surface area contributed by atoms with Crippen LogP contribution in [-0.4, -0.2) is 9.13 Å². The van der Waals surface area contributed by atoms with E-state index in [1.165, 1.54) is 6.92 Å². The van der Waals surface area contributed by atoms with Crippen molar-refractivity contribution in [3.63, 3.8) is 0 Å². The maximum atomic E-state index is 13.8. The van der Waals surface area contributed by atoms with Crippen LogP contribution in [0.5, 0.6) is 0 Å². The van der Waals surface area contributed by atoms with E-state index in [1.54, 1.807) is 0 Å². The second-order valence-electron chi connectivity index (χ2n) is 4.24. The van der Waals surface area contributed by atoms with Crippen molar-refractivity contribution in [1.29, 1.82) is 0 Å². The van der Waals surface area contributed by atoms with Crippen LogP contribution in [-0.2, 0) is 33.8 Å². The molecule has 0 saturated heterocycles. The SMILES string of the molecule is CCn1c(C(F)(F)F)cc(=O)n(-c2c[c-]c(Cl)cc2F)c1=O.[W+2]. The van der Waals surface area contributed by atoms with E-state index in [-0.39, 0.29) is 38.7 Å². The van der Waals surface area contributed by atoms with E-state index in [0.29, 0.717) is 9.13 Å². The predicted octanol–water partition coefficient (Wildman–Crippen LogP) is 2.63. The number of hydrogen-bond donors (Lipinski definition) is 0. The average molecular weight is 520 g/mol. The quantitative estimate of drug-likeness (QED) is 0.453. The third kappa shape index (κ3) is 3.75. The summed E-state index contributed by atoms with van der Waals surface area (Å²) in [6.07, 6.45) is -4.88. The van der Waals surface area contributed by atoms with Gasteiger partial charge in [-0.15, -0.1) is 23.7 Å². The van der Waals surface area contributed by atoms with Gasteiger partial charge in [-0.3, -0.25) is 13.9 Å². The molecule has 0 fully saturated rings. The molecule has 0 saturated carbocycles. The number of rotatable bonds is 2. The second-order valence-corrected chi connectivity index (χ2v) is 4.65. The molecule has 0 amide bonds. The molecule has 1 aromatic carbocycles. The first kappa shape index (κ1) is 19.6. The summed E-state index contributed by atoms with van der Waals surface area (Å²) in [4.78, 5) is 24.0. The average Bonchev–Trinajstić information content (AvgIpc) is 2.39. The van der Waals surface area contributed by atoms with Crippen LogP contribution in [0.2, 0.25) is 5.02 Å². The third-order valence-corrected chi connectivity index (χ3v) is 3.10. The second kappa shape index (κ2) is 7.01. The van der Waals surface area contributed by atoms with Crippen molar-refractivity contribution in [2.45, 2.75) is 19.6 Å². The zero-order valence-corrected chi connectivity index (χ0v) is 15.1. The van der Waals surface area contributed by atoms with Crippen LogP contribution in [0.4, 0.5) is 17.6 Å². The molecule has 10 heteroatoms. The van der Waals surface area contributed by atoms with Crippen LogP contribution in [0.3, 0.4) is 0 Å². The van der Waals surface area contributed by atoms with E-state index in [0.717, 1.165) is 12.1 Å². The Morgan fingerprint density at radius 1 is 1.26 bits per heavy atom. The number of halogens is 5. The summed E-state index contributed by atoms with van der Waals surface area (Å²) < 4.78 is 53.0. The Labute approximate surface area is 146 Å². The molecule has 0 atom stereocenters. The molecule has 0 aliphatic carbocycles. The molecule has 0 bridgehead atoms. The fourth-order valence-electron chi connectivity index (χ4n) is 1.94. The fraction of sp³-hybridized carbons (Fsp3) is 0.231. The molecular formula is C13H8ClF4N2O2W+. The van der Waals surface area contributed by atoms with E-state index in [2.05, 4.69) is 6.07 Å². The molecule has 122 valence electrons. The van der Waals surface area contributed by atoms with Gasteiger partial charge in [-0.05, 0) is 12.6 Å². The third-order valence-electron chi connectivity index (χ3n) is 2.89. The minimum Gasteiger partial charge on any atom is -0.290 e. The molecule has 0 unspecified atom stereocenters. The molecule has 0 N–H and O–H groups in total. The summed E-state index contributed by atoms with van der Waals surface area (Å²) in [5.74, 6) is -1.02. The Kier molecular flexibility index (Phi) is 5.99. The topological polar surface area (TPSA) is 44.0 Å². The number of alkyl halides is 3. The smallest absolute Gasteiger partial charge is 0.290 e. The summed E-state index contributed by atoms with van der Waals surface area (Å²) in [6, 6.07) is 4.35. The Bertz CT molecular complexity index is 845. The first-order chi connectivity index (χ1) is 10.2. The van der Waals surface area contributed by atoms with Crippen LogP contribution < -0.4 is 11.2 Å². The van der Waals surface area contributed by atoms with Crippen LogP contribution in [0.25, 0.3) is 5.69 Å². The van der Waals surface area contributed by atoms with E-state index in [9.17, 15) is 27.2 Å². The van der Waals surface area contributed by atoms with Crippen molar-refractivity contribution >= 4 is 11.6 Å². The van der Waals surface area contributed by atoms with E-state index in [4.69, 9.17) is 11.6 Å². The van der Waals surface area contributed by atoms with Crippen molar-refractivity contribution in [1.82, 2.24) is 9.13 Å². The minimum atomic E-state index is -4.88. The van der Waals surface area contributed by atoms with Gasteiger partial charge in [0.25, 0.3) is 0 Å². The van der Waals surface area contributed by atoms with Gasteiger partial charge in [0.15, 0.2) is 0 Å². The van der Waals surface area contributed by atoms with Gasteiger partial charge in [-0.2, -0.15) is 19.2 Å². The molecule has 0 aliphatic rings. The van der Waals surface area contributed by atoms with E-state index < -0.39 is 34.6 Å². The number of nitrogens with zero attached hydrogens (tertiary/aromatic N) is 2. The van der Waals surface area contributed by atoms with Crippen LogP contribution in [0.15, 0.2) is 27.8 Å².